The van der Waals surface area contributed by atoms with Gasteiger partial charge in [-0.3, -0.25) is 9.59 Å². The van der Waals surface area contributed by atoms with Crippen LogP contribution in [0.25, 0.3) is 0 Å². The van der Waals surface area contributed by atoms with Crippen LogP contribution in [0.3, 0.4) is 0 Å². The molecular formula is C17H24N2O2. The first kappa shape index (κ1) is 15.5. The highest BCUT2D eigenvalue weighted by Crippen LogP contribution is 2.29. The number of amides is 2. The lowest BCUT2D eigenvalue weighted by molar-refractivity contribution is -0.114. The van der Waals surface area contributed by atoms with Crippen molar-refractivity contribution in [3.05, 3.63) is 29.8 Å². The van der Waals surface area contributed by atoms with Gasteiger partial charge in [0.25, 0.3) is 5.91 Å². The molecule has 1 saturated carbocycles. The van der Waals surface area contributed by atoms with Gasteiger partial charge < -0.3 is 10.6 Å². The summed E-state index contributed by atoms with van der Waals surface area (Å²) in [5.74, 6) is 0.950. The van der Waals surface area contributed by atoms with Gasteiger partial charge in [0, 0.05) is 24.2 Å². The molecule has 0 spiro atoms. The van der Waals surface area contributed by atoms with Gasteiger partial charge in [0.2, 0.25) is 5.91 Å². The van der Waals surface area contributed by atoms with Gasteiger partial charge in [0.05, 0.1) is 0 Å². The molecule has 114 valence electrons. The minimum atomic E-state index is -0.137. The highest BCUT2D eigenvalue weighted by molar-refractivity contribution is 5.96. The third-order valence-corrected chi connectivity index (χ3v) is 4.47. The topological polar surface area (TPSA) is 58.2 Å². The Balaban J connectivity index is 2.04. The van der Waals surface area contributed by atoms with Gasteiger partial charge in [-0.2, -0.15) is 0 Å². The van der Waals surface area contributed by atoms with E-state index >= 15 is 0 Å². The van der Waals surface area contributed by atoms with E-state index in [1.165, 1.54) is 19.8 Å². The average molecular weight is 288 g/mol. The summed E-state index contributed by atoms with van der Waals surface area (Å²) in [6, 6.07) is 7.30. The fourth-order valence-electron chi connectivity index (χ4n) is 2.98. The Morgan fingerprint density at radius 1 is 1.19 bits per heavy atom. The van der Waals surface area contributed by atoms with Crippen molar-refractivity contribution in [1.82, 2.24) is 5.32 Å². The van der Waals surface area contributed by atoms with E-state index in [0.717, 1.165) is 6.42 Å². The molecule has 0 unspecified atom stereocenters. The van der Waals surface area contributed by atoms with Crippen molar-refractivity contribution in [2.24, 2.45) is 11.8 Å². The number of hydrogen-bond acceptors (Lipinski definition) is 2. The summed E-state index contributed by atoms with van der Waals surface area (Å²) in [7, 11) is 0. The zero-order valence-electron chi connectivity index (χ0n) is 13.0. The minimum absolute atomic E-state index is 0.0619. The van der Waals surface area contributed by atoms with Crippen LogP contribution in [0.4, 0.5) is 5.69 Å². The molecular weight excluding hydrogens is 264 g/mol. The van der Waals surface area contributed by atoms with Crippen LogP contribution in [-0.4, -0.2) is 17.9 Å². The van der Waals surface area contributed by atoms with E-state index in [4.69, 9.17) is 0 Å². The summed E-state index contributed by atoms with van der Waals surface area (Å²) in [6.45, 7) is 5.92. The maximum atomic E-state index is 12.4. The molecule has 0 radical (unpaired) electrons. The Labute approximate surface area is 126 Å². The normalized spacial score (nSPS) is 25.2. The van der Waals surface area contributed by atoms with E-state index in [9.17, 15) is 9.59 Å². The Morgan fingerprint density at radius 2 is 1.95 bits per heavy atom. The van der Waals surface area contributed by atoms with Crippen LogP contribution in [0.2, 0.25) is 0 Å². The molecule has 4 nitrogen and oxygen atoms in total. The third kappa shape index (κ3) is 4.06. The number of nitrogens with one attached hydrogen (secondary N) is 2. The molecule has 1 fully saturated rings. The van der Waals surface area contributed by atoms with Gasteiger partial charge in [-0.15, -0.1) is 0 Å². The van der Waals surface area contributed by atoms with E-state index in [1.807, 2.05) is 0 Å². The highest BCUT2D eigenvalue weighted by atomic mass is 16.2. The molecule has 3 atom stereocenters. The number of benzene rings is 1. The lowest BCUT2D eigenvalue weighted by atomic mass is 9.78. The van der Waals surface area contributed by atoms with Gasteiger partial charge in [-0.05, 0) is 36.5 Å². The minimum Gasteiger partial charge on any atom is -0.349 e. The molecule has 0 saturated heterocycles. The Kier molecular flexibility index (Phi) is 4.99. The molecule has 0 aromatic heterocycles. The van der Waals surface area contributed by atoms with E-state index in [0.29, 0.717) is 23.1 Å². The van der Waals surface area contributed by atoms with E-state index in [-0.39, 0.29) is 17.9 Å². The van der Waals surface area contributed by atoms with Crippen molar-refractivity contribution in [3.8, 4) is 0 Å². The Morgan fingerprint density at radius 3 is 2.67 bits per heavy atom. The van der Waals surface area contributed by atoms with Crippen molar-refractivity contribution in [1.29, 1.82) is 0 Å². The maximum Gasteiger partial charge on any atom is 0.251 e. The van der Waals surface area contributed by atoms with E-state index in [1.54, 1.807) is 24.3 Å². The predicted octanol–water partition coefficient (Wildman–Crippen LogP) is 3.20. The first-order chi connectivity index (χ1) is 9.97. The van der Waals surface area contributed by atoms with Crippen LogP contribution in [0.15, 0.2) is 24.3 Å². The maximum absolute atomic E-state index is 12.4. The second kappa shape index (κ2) is 6.74. The smallest absolute Gasteiger partial charge is 0.251 e. The zero-order valence-corrected chi connectivity index (χ0v) is 13.0. The summed E-state index contributed by atoms with van der Waals surface area (Å²) in [5, 5.41) is 5.84. The molecule has 4 heteroatoms. The van der Waals surface area contributed by atoms with Gasteiger partial charge in [0.1, 0.15) is 0 Å². The molecule has 1 aliphatic carbocycles. The lowest BCUT2D eigenvalue weighted by Crippen LogP contribution is -2.43. The van der Waals surface area contributed by atoms with Gasteiger partial charge in [0.15, 0.2) is 0 Å². The second-order valence-corrected chi connectivity index (χ2v) is 6.11. The summed E-state index contributed by atoms with van der Waals surface area (Å²) >= 11 is 0. The molecule has 1 aromatic rings. The van der Waals surface area contributed by atoms with Crippen molar-refractivity contribution < 1.29 is 9.59 Å². The molecule has 0 aliphatic heterocycles. The fraction of sp³-hybridized carbons (Fsp3) is 0.529. The quantitative estimate of drug-likeness (QED) is 0.897. The van der Waals surface area contributed by atoms with Crippen molar-refractivity contribution in [3.63, 3.8) is 0 Å². The summed E-state index contributed by atoms with van der Waals surface area (Å²) < 4.78 is 0. The van der Waals surface area contributed by atoms with E-state index in [2.05, 4.69) is 24.5 Å². The summed E-state index contributed by atoms with van der Waals surface area (Å²) in [4.78, 5) is 23.5. The van der Waals surface area contributed by atoms with Crippen molar-refractivity contribution >= 4 is 17.5 Å². The first-order valence-electron chi connectivity index (χ1n) is 7.66. The molecule has 21 heavy (non-hydrogen) atoms. The standard InChI is InChI=1S/C17H24N2O2/c1-11-6-4-9-16(12(11)2)19-17(21)14-7-5-8-15(10-14)18-13(3)20/h5,7-8,10-12,16H,4,6,9H2,1-3H3,(H,18,20)(H,19,21)/t11-,12+,16-/m0/s1. The monoisotopic (exact) mass is 288 g/mol. The third-order valence-electron chi connectivity index (χ3n) is 4.47. The number of carbonyl (C=O) groups excluding carboxylic acids is 2. The molecule has 0 heterocycles. The van der Waals surface area contributed by atoms with Crippen molar-refractivity contribution in [2.45, 2.75) is 46.1 Å². The highest BCUT2D eigenvalue weighted by Gasteiger charge is 2.28. The van der Waals surface area contributed by atoms with Gasteiger partial charge in [-0.25, -0.2) is 0 Å². The average Bonchev–Trinajstić information content (AvgIpc) is 2.43. The van der Waals surface area contributed by atoms with Crippen LogP contribution in [0.5, 0.6) is 0 Å². The van der Waals surface area contributed by atoms with Crippen LogP contribution in [-0.2, 0) is 4.79 Å². The van der Waals surface area contributed by atoms with Gasteiger partial charge in [-0.1, -0.05) is 32.8 Å². The largest absolute Gasteiger partial charge is 0.349 e. The molecule has 0 bridgehead atoms. The Bertz CT molecular complexity index is 527. The predicted molar refractivity (Wildman–Crippen MR) is 84.2 cm³/mol. The number of anilines is 1. The number of rotatable bonds is 3. The molecule has 1 aromatic carbocycles. The molecule has 1 aliphatic rings. The van der Waals surface area contributed by atoms with Crippen molar-refractivity contribution in [2.75, 3.05) is 5.32 Å². The summed E-state index contributed by atoms with van der Waals surface area (Å²) in [5.41, 5.74) is 1.24. The van der Waals surface area contributed by atoms with Crippen LogP contribution in [0, 0.1) is 11.8 Å². The van der Waals surface area contributed by atoms with E-state index < -0.39 is 0 Å². The lowest BCUT2D eigenvalue weighted by Gasteiger charge is -2.34. The Hall–Kier alpha value is -1.84. The van der Waals surface area contributed by atoms with Gasteiger partial charge >= 0.3 is 0 Å². The number of hydrogen-bond donors (Lipinski definition) is 2. The molecule has 2 rings (SSSR count). The first-order valence-corrected chi connectivity index (χ1v) is 7.66. The van der Waals surface area contributed by atoms with Crippen LogP contribution < -0.4 is 10.6 Å². The number of carbonyl (C=O) groups is 2. The molecule has 2 N–H and O–H groups in total. The second-order valence-electron chi connectivity index (χ2n) is 6.11. The fourth-order valence-corrected chi connectivity index (χ4v) is 2.98. The molecule has 2 amide bonds. The SMILES string of the molecule is CC(=O)Nc1cccc(C(=O)N[C@H]2CCC[C@H](C)[C@H]2C)c1. The van der Waals surface area contributed by atoms with Crippen LogP contribution in [0.1, 0.15) is 50.4 Å². The zero-order chi connectivity index (χ0) is 15.4. The van der Waals surface area contributed by atoms with Crippen LogP contribution >= 0.6 is 0 Å². The summed E-state index contributed by atoms with van der Waals surface area (Å²) in [6.07, 6.45) is 3.45.